The van der Waals surface area contributed by atoms with Crippen molar-refractivity contribution >= 4 is 63.8 Å². The van der Waals surface area contributed by atoms with E-state index in [1.165, 1.54) is 0 Å². The summed E-state index contributed by atoms with van der Waals surface area (Å²) in [5.74, 6) is 1.79. The number of rotatable bonds is 8. The van der Waals surface area contributed by atoms with E-state index in [0.29, 0.717) is 0 Å². The van der Waals surface area contributed by atoms with E-state index in [1.807, 2.05) is 5.38 Å². The van der Waals surface area contributed by atoms with Gasteiger partial charge in [-0.3, -0.25) is 18.9 Å². The number of phosphoric acid groups is 3. The summed E-state index contributed by atoms with van der Waals surface area (Å²) in [5, 5.41) is 12.6. The number of anilines is 1. The number of aliphatic hydroxyl groups excluding tert-OH is 1. The summed E-state index contributed by atoms with van der Waals surface area (Å²) in [7, 11) is -17.8. The van der Waals surface area contributed by atoms with Gasteiger partial charge in [0.1, 0.15) is 12.2 Å². The van der Waals surface area contributed by atoms with E-state index >= 15 is 0 Å². The van der Waals surface area contributed by atoms with Crippen molar-refractivity contribution in [2.24, 2.45) is 0 Å². The van der Waals surface area contributed by atoms with Crippen LogP contribution in [0.25, 0.3) is 11.2 Å². The summed E-state index contributed by atoms with van der Waals surface area (Å²) in [6, 6.07) is 0. The number of imidazole rings is 1. The van der Waals surface area contributed by atoms with Crippen molar-refractivity contribution in [3.8, 4) is 11.3 Å². The topological polar surface area (TPSA) is 279 Å². The maximum Gasteiger partial charge on any atom is 0.490 e. The highest BCUT2D eigenvalue weighted by Gasteiger charge is 2.57. The highest BCUT2D eigenvalue weighted by molar-refractivity contribution is 7.66. The third-order valence-corrected chi connectivity index (χ3v) is 8.26. The largest absolute Gasteiger partial charge is 0.490 e. The molecule has 23 heteroatoms. The molecular weight excluding hydrogens is 586 g/mol. The lowest BCUT2D eigenvalue weighted by Crippen LogP contribution is -2.41. The maximum atomic E-state index is 12.2. The van der Waals surface area contributed by atoms with Gasteiger partial charge < -0.3 is 35.2 Å². The number of hydrogen-bond acceptors (Lipinski definition) is 12. The van der Waals surface area contributed by atoms with Crippen LogP contribution >= 0.6 is 46.7 Å². The van der Waals surface area contributed by atoms with Crippen molar-refractivity contribution in [1.29, 1.82) is 0 Å². The number of hydrogen-bond donors (Lipinski definition) is 7. The molecule has 1 fully saturated rings. The van der Waals surface area contributed by atoms with Crippen molar-refractivity contribution in [3.63, 3.8) is 0 Å². The van der Waals surface area contributed by atoms with Crippen LogP contribution in [0.5, 0.6) is 0 Å². The highest BCUT2D eigenvalue weighted by Crippen LogP contribution is 2.66. The number of nitrogens with zero attached hydrogens (tertiary/aromatic N) is 3. The lowest BCUT2D eigenvalue weighted by atomic mass is 9.99. The monoisotopic (exact) mass is 601 g/mol. The predicted octanol–water partition coefficient (Wildman–Crippen LogP) is -0.519. The van der Waals surface area contributed by atoms with E-state index in [0.717, 1.165) is 10.9 Å². The van der Waals surface area contributed by atoms with E-state index < -0.39 is 58.9 Å². The third kappa shape index (κ3) is 6.31. The molecule has 35 heavy (non-hydrogen) atoms. The zero-order valence-electron chi connectivity index (χ0n) is 18.3. The molecule has 2 aromatic heterocycles. The first-order valence-electron chi connectivity index (χ1n) is 9.43. The number of phosphoric ester groups is 1. The van der Waals surface area contributed by atoms with Crippen LogP contribution in [0, 0.1) is 11.3 Å². The number of nitrogens with one attached hydrogen (secondary N) is 1. The number of ether oxygens (including phenoxy) is 1. The lowest BCUT2D eigenvalue weighted by Gasteiger charge is -2.25. The number of H-pyrrole nitrogens is 1. The first kappa shape index (κ1) is 25.3. The summed E-state index contributed by atoms with van der Waals surface area (Å²) in [6.45, 7) is -3.62. The molecule has 0 saturated carbocycles. The van der Waals surface area contributed by atoms with Gasteiger partial charge in [0.2, 0.25) is 5.95 Å². The Hall–Kier alpha value is -1.38. The second kappa shape index (κ2) is 9.82. The van der Waals surface area contributed by atoms with Crippen LogP contribution in [-0.4, -0.2) is 67.8 Å². The van der Waals surface area contributed by atoms with Crippen molar-refractivity contribution < 1.29 is 59.0 Å². The first-order valence-corrected chi connectivity index (χ1v) is 13.7. The van der Waals surface area contributed by atoms with E-state index in [4.69, 9.17) is 46.2 Å². The molecule has 1 aliphatic rings. The van der Waals surface area contributed by atoms with E-state index in [1.54, 1.807) is 0 Å². The molecule has 18 nitrogen and oxygen atoms in total. The number of aromatic amines is 1. The minimum atomic E-state index is -6.04. The average Bonchev–Trinajstić information content (AvgIpc) is 3.18. The van der Waals surface area contributed by atoms with Crippen molar-refractivity contribution in [2.45, 2.75) is 23.3 Å². The fourth-order valence-electron chi connectivity index (χ4n) is 2.78. The maximum absolute atomic E-state index is 12.2. The Balaban J connectivity index is 1.99. The lowest BCUT2D eigenvalue weighted by molar-refractivity contribution is -0.0428. The fraction of sp³-hybridized carbons (Fsp3) is 0.417. The summed E-state index contributed by atoms with van der Waals surface area (Å²) in [4.78, 5) is 55.7. The van der Waals surface area contributed by atoms with Gasteiger partial charge in [0, 0.05) is 5.38 Å². The van der Waals surface area contributed by atoms with Gasteiger partial charge in [-0.05, 0) is 11.6 Å². The number of nitrogen functional groups attached to an aromatic ring is 1. The van der Waals surface area contributed by atoms with Crippen LogP contribution in [-0.2, 0) is 31.6 Å². The van der Waals surface area contributed by atoms with E-state index in [-0.39, 0.29) is 17.1 Å². The summed E-state index contributed by atoms with van der Waals surface area (Å²) >= 11 is 11.8. The number of nitrogens with two attached hydrogens (primary N) is 1. The van der Waals surface area contributed by atoms with Gasteiger partial charge >= 0.3 is 23.5 Å². The van der Waals surface area contributed by atoms with Gasteiger partial charge in [0.15, 0.2) is 22.3 Å². The standard InChI is InChI=1S/C12H14Cl2N5O13P3/c13-2-1-12(14)7(20)5(3-29-34(25,26)32-35(27,28)31-33(22,23)24)30-10(12)19-4-16-6-8(19)17-11(15)18-9(6)21/h4-5,7,10,20H,3H2,(H,25,26)(H,27,28)(H2,22,23,24)(H3,15,17,18,21)/t5-,7+,10-,12?/m1/s1/i3D2. The number of aromatic nitrogens is 4. The van der Waals surface area contributed by atoms with E-state index in [2.05, 4.69) is 34.0 Å². The van der Waals surface area contributed by atoms with Gasteiger partial charge in [-0.25, -0.2) is 18.7 Å². The van der Waals surface area contributed by atoms with Crippen molar-refractivity contribution in [1.82, 2.24) is 19.5 Å². The normalized spacial score (nSPS) is 29.5. The Kier molecular flexibility index (Phi) is 7.09. The molecule has 194 valence electrons. The molecule has 1 saturated heterocycles. The average molecular weight is 602 g/mol. The van der Waals surface area contributed by atoms with Gasteiger partial charge in [-0.2, -0.15) is 13.6 Å². The number of fused-ring (bicyclic) bond motifs is 1. The number of aliphatic hydroxyl groups is 1. The Bertz CT molecular complexity index is 1490. The molecular formula is C12H14Cl2N5O13P3. The summed E-state index contributed by atoms with van der Waals surface area (Å²) in [6.07, 6.45) is -5.45. The fourth-order valence-corrected chi connectivity index (χ4v) is 6.18. The molecule has 0 aliphatic carbocycles. The Morgan fingerprint density at radius 2 is 1.97 bits per heavy atom. The molecule has 0 spiro atoms. The highest BCUT2D eigenvalue weighted by atomic mass is 35.5. The predicted molar refractivity (Wildman–Crippen MR) is 115 cm³/mol. The molecule has 0 bridgehead atoms. The van der Waals surface area contributed by atoms with Gasteiger partial charge in [0.05, 0.1) is 15.6 Å². The van der Waals surface area contributed by atoms with Gasteiger partial charge in [-0.1, -0.05) is 17.5 Å². The van der Waals surface area contributed by atoms with Crippen LogP contribution in [0.1, 0.15) is 8.97 Å². The number of halogens is 2. The molecule has 3 rings (SSSR count). The van der Waals surface area contributed by atoms with Gasteiger partial charge in [-0.15, -0.1) is 0 Å². The van der Waals surface area contributed by atoms with Crippen LogP contribution < -0.4 is 11.3 Å². The molecule has 2 aromatic rings. The second-order valence-electron chi connectivity index (χ2n) is 6.42. The second-order valence-corrected chi connectivity index (χ2v) is 11.6. The van der Waals surface area contributed by atoms with Gasteiger partial charge in [0.25, 0.3) is 5.56 Å². The Morgan fingerprint density at radius 1 is 1.31 bits per heavy atom. The summed E-state index contributed by atoms with van der Waals surface area (Å²) < 4.78 is 68.0. The molecule has 3 heterocycles. The Labute approximate surface area is 206 Å². The van der Waals surface area contributed by atoms with Crippen LogP contribution in [0.4, 0.5) is 5.95 Å². The molecule has 0 aromatic carbocycles. The van der Waals surface area contributed by atoms with Crippen LogP contribution in [0.15, 0.2) is 11.1 Å². The van der Waals surface area contributed by atoms with Crippen molar-refractivity contribution in [2.75, 3.05) is 12.3 Å². The zero-order chi connectivity index (χ0) is 28.2. The molecule has 6 atom stereocenters. The van der Waals surface area contributed by atoms with E-state index in [9.17, 15) is 33.4 Å². The molecule has 3 unspecified atom stereocenters. The minimum Gasteiger partial charge on any atom is -0.387 e. The first-order chi connectivity index (χ1) is 16.7. The third-order valence-electron chi connectivity index (χ3n) is 3.99. The number of alkyl halides is 1. The Morgan fingerprint density at radius 3 is 2.57 bits per heavy atom. The quantitative estimate of drug-likeness (QED) is 0.114. The molecule has 0 radical (unpaired) electrons. The zero-order valence-corrected chi connectivity index (χ0v) is 20.5. The molecule has 0 amide bonds. The molecule has 1 aliphatic heterocycles. The smallest absolute Gasteiger partial charge is 0.387 e. The molecule has 8 N–H and O–H groups in total. The summed E-state index contributed by atoms with van der Waals surface area (Å²) in [5.41, 5.74) is 4.18. The minimum absolute atomic E-state index is 0.269. The SMILES string of the molecule is [2H]C([2H])(OP(=O)(O)OP(=O)(O)OP(=O)(O)O)[C@H]1O[C@@H](n2cnc3c(=O)[nH]c(N)nc32)C(Cl)(C#CCl)[C@H]1O. The van der Waals surface area contributed by atoms with Crippen molar-refractivity contribution in [3.05, 3.63) is 16.7 Å². The van der Waals surface area contributed by atoms with Crippen LogP contribution in [0.2, 0.25) is 0 Å². The van der Waals surface area contributed by atoms with Crippen LogP contribution in [0.3, 0.4) is 0 Å².